The molecule has 146 valence electrons. The number of unbranched alkanes of at least 4 members (excludes halogenated alkanes) is 13. The highest BCUT2D eigenvalue weighted by Crippen LogP contribution is 2.27. The molecule has 0 bridgehead atoms. The Balaban J connectivity index is 3.08. The smallest absolute Gasteiger partial charge is 0.00994 e. The van der Waals surface area contributed by atoms with E-state index in [2.05, 4.69) is 27.7 Å². The van der Waals surface area contributed by atoms with Crippen molar-refractivity contribution >= 4 is 20.5 Å². The van der Waals surface area contributed by atoms with Gasteiger partial charge in [0.2, 0.25) is 0 Å². The molecule has 0 aromatic heterocycles. The Morgan fingerprint density at radius 2 is 0.542 bits per heavy atom. The summed E-state index contributed by atoms with van der Waals surface area (Å²) in [6, 6.07) is 0. The summed E-state index contributed by atoms with van der Waals surface area (Å²) in [4.78, 5) is 0. The van der Waals surface area contributed by atoms with E-state index in [1.54, 1.807) is 0 Å². The van der Waals surface area contributed by atoms with Gasteiger partial charge in [-0.2, -0.15) is 0 Å². The third-order valence-corrected chi connectivity index (χ3v) is 6.10. The molecule has 0 fully saturated rings. The predicted molar refractivity (Wildman–Crippen MR) is 122 cm³/mol. The van der Waals surface area contributed by atoms with Gasteiger partial charge in [0, 0.05) is 20.5 Å². The molecule has 0 N–H and O–H groups in total. The summed E-state index contributed by atoms with van der Waals surface area (Å²) < 4.78 is 0. The average molecular weight is 371 g/mol. The molecule has 0 aromatic carbocycles. The molecule has 0 unspecified atom stereocenters. The molecule has 0 saturated heterocycles. The van der Waals surface area contributed by atoms with Crippen LogP contribution in [0.5, 0.6) is 0 Å². The fourth-order valence-corrected chi connectivity index (χ4v) is 4.14. The molecule has 0 spiro atoms. The van der Waals surface area contributed by atoms with Crippen LogP contribution in [0.4, 0.5) is 0 Å². The van der Waals surface area contributed by atoms with Crippen LogP contribution in [-0.2, 0) is 0 Å². The Morgan fingerprint density at radius 3 is 0.708 bits per heavy atom. The number of hydrogen-bond donors (Lipinski definition) is 0. The summed E-state index contributed by atoms with van der Waals surface area (Å²) in [5, 5.41) is 1.35. The van der Waals surface area contributed by atoms with Crippen LogP contribution in [0.25, 0.3) is 0 Å². The maximum absolute atomic E-state index is 2.42. The van der Waals surface area contributed by atoms with Crippen molar-refractivity contribution in [2.45, 2.75) is 141 Å². The molecule has 0 atom stereocenters. The van der Waals surface area contributed by atoms with Crippen molar-refractivity contribution in [2.75, 3.05) is 0 Å². The minimum atomic E-state index is 0.675. The molecule has 0 rings (SSSR count). The van der Waals surface area contributed by atoms with E-state index in [1.165, 1.54) is 123 Å². The van der Waals surface area contributed by atoms with Crippen LogP contribution in [0.1, 0.15) is 130 Å². The highest BCUT2D eigenvalue weighted by atomic mass is 28.1. The van der Waals surface area contributed by atoms with Crippen molar-refractivity contribution in [2.24, 2.45) is 0 Å². The SMILES string of the molecule is CC(C)([SiH3])CCCCCCCCCCCCCCCCC(C)(C)[SiH3]. The predicted octanol–water partition coefficient (Wildman–Crippen LogP) is 6.36. The third-order valence-electron chi connectivity index (χ3n) is 5.10. The Kier molecular flexibility index (Phi) is 14.9. The maximum atomic E-state index is 2.42. The van der Waals surface area contributed by atoms with Gasteiger partial charge in [-0.05, 0) is 10.1 Å². The summed E-state index contributed by atoms with van der Waals surface area (Å²) in [7, 11) is 2.70. The standard InChI is InChI=1S/C22H50Si2/c1-21(2,23)19-17-15-13-11-9-7-5-6-8-10-12-14-16-18-20-22(3,4)24/h5-20H2,1-4,23-24H3. The van der Waals surface area contributed by atoms with E-state index in [0.29, 0.717) is 10.1 Å². The van der Waals surface area contributed by atoms with Gasteiger partial charge in [0.05, 0.1) is 0 Å². The second-order valence-electron chi connectivity index (χ2n) is 10.6. The average Bonchev–Trinajstić information content (AvgIpc) is 2.44. The van der Waals surface area contributed by atoms with Crippen molar-refractivity contribution in [3.63, 3.8) is 0 Å². The molecule has 0 heterocycles. The topological polar surface area (TPSA) is 0 Å². The van der Waals surface area contributed by atoms with E-state index >= 15 is 0 Å². The molecular weight excluding hydrogens is 320 g/mol. The van der Waals surface area contributed by atoms with Crippen LogP contribution in [0.3, 0.4) is 0 Å². The lowest BCUT2D eigenvalue weighted by atomic mass is 10.0. The Labute approximate surface area is 161 Å². The molecule has 0 nitrogen and oxygen atoms in total. The van der Waals surface area contributed by atoms with Crippen LogP contribution < -0.4 is 0 Å². The van der Waals surface area contributed by atoms with Gasteiger partial charge < -0.3 is 0 Å². The fourth-order valence-electron chi connectivity index (χ4n) is 3.43. The van der Waals surface area contributed by atoms with Gasteiger partial charge in [-0.15, -0.1) is 0 Å². The summed E-state index contributed by atoms with van der Waals surface area (Å²) >= 11 is 0. The minimum absolute atomic E-state index is 0.675. The lowest BCUT2D eigenvalue weighted by Gasteiger charge is -2.17. The first-order valence-electron chi connectivity index (χ1n) is 11.2. The molecule has 0 aromatic rings. The van der Waals surface area contributed by atoms with Crippen LogP contribution in [0, 0.1) is 0 Å². The summed E-state index contributed by atoms with van der Waals surface area (Å²) in [6.07, 6.45) is 23.6. The number of hydrogen-bond acceptors (Lipinski definition) is 0. The molecule has 2 heteroatoms. The Bertz CT molecular complexity index is 232. The van der Waals surface area contributed by atoms with Crippen LogP contribution in [0.15, 0.2) is 0 Å². The van der Waals surface area contributed by atoms with Crippen molar-refractivity contribution in [3.8, 4) is 0 Å². The molecule has 0 aliphatic carbocycles. The van der Waals surface area contributed by atoms with Crippen molar-refractivity contribution in [3.05, 3.63) is 0 Å². The molecule has 0 amide bonds. The molecule has 0 saturated carbocycles. The first-order chi connectivity index (χ1) is 11.2. The van der Waals surface area contributed by atoms with Gasteiger partial charge in [0.15, 0.2) is 0 Å². The van der Waals surface area contributed by atoms with Crippen LogP contribution in [0.2, 0.25) is 10.1 Å². The van der Waals surface area contributed by atoms with E-state index in [9.17, 15) is 0 Å². The maximum Gasteiger partial charge on any atom is 0.00994 e. The molecule has 0 radical (unpaired) electrons. The van der Waals surface area contributed by atoms with Crippen molar-refractivity contribution < 1.29 is 0 Å². The molecule has 24 heavy (non-hydrogen) atoms. The second-order valence-corrected chi connectivity index (χ2v) is 16.0. The summed E-state index contributed by atoms with van der Waals surface area (Å²) in [5.41, 5.74) is 0. The highest BCUT2D eigenvalue weighted by molar-refractivity contribution is 6.14. The Morgan fingerprint density at radius 1 is 0.375 bits per heavy atom. The Hall–Kier alpha value is 0.434. The zero-order valence-electron chi connectivity index (χ0n) is 18.3. The third kappa shape index (κ3) is 22.4. The lowest BCUT2D eigenvalue weighted by Crippen LogP contribution is -2.01. The van der Waals surface area contributed by atoms with E-state index in [4.69, 9.17) is 0 Å². The first-order valence-corrected chi connectivity index (χ1v) is 13.2. The summed E-state index contributed by atoms with van der Waals surface area (Å²) in [6.45, 7) is 9.69. The van der Waals surface area contributed by atoms with Gasteiger partial charge >= 0.3 is 0 Å². The van der Waals surface area contributed by atoms with E-state index < -0.39 is 0 Å². The second kappa shape index (κ2) is 14.6. The first kappa shape index (κ1) is 24.4. The number of rotatable bonds is 17. The van der Waals surface area contributed by atoms with Crippen LogP contribution in [-0.4, -0.2) is 20.5 Å². The van der Waals surface area contributed by atoms with Crippen LogP contribution >= 0.6 is 0 Å². The van der Waals surface area contributed by atoms with E-state index in [0.717, 1.165) is 0 Å². The molecular formula is C22H50Si2. The monoisotopic (exact) mass is 370 g/mol. The van der Waals surface area contributed by atoms with Crippen molar-refractivity contribution in [1.82, 2.24) is 0 Å². The quantitative estimate of drug-likeness (QED) is 0.206. The largest absolute Gasteiger partial charge is 0.0632 e. The van der Waals surface area contributed by atoms with E-state index in [-0.39, 0.29) is 0 Å². The van der Waals surface area contributed by atoms with Crippen molar-refractivity contribution in [1.29, 1.82) is 0 Å². The molecule has 0 aliphatic rings. The van der Waals surface area contributed by atoms with Gasteiger partial charge in [-0.3, -0.25) is 0 Å². The lowest BCUT2D eigenvalue weighted by molar-refractivity contribution is 0.504. The van der Waals surface area contributed by atoms with Gasteiger partial charge in [0.25, 0.3) is 0 Å². The van der Waals surface area contributed by atoms with E-state index in [1.807, 2.05) is 0 Å². The zero-order chi connectivity index (χ0) is 18.3. The van der Waals surface area contributed by atoms with Gasteiger partial charge in [-0.25, -0.2) is 0 Å². The highest BCUT2D eigenvalue weighted by Gasteiger charge is 2.09. The van der Waals surface area contributed by atoms with Gasteiger partial charge in [-0.1, -0.05) is 130 Å². The van der Waals surface area contributed by atoms with Gasteiger partial charge in [0.1, 0.15) is 0 Å². The fraction of sp³-hybridized carbons (Fsp3) is 1.00. The molecule has 0 aliphatic heterocycles. The normalized spacial score (nSPS) is 13.0. The summed E-state index contributed by atoms with van der Waals surface area (Å²) in [5.74, 6) is 0. The zero-order valence-corrected chi connectivity index (χ0v) is 22.3. The minimum Gasteiger partial charge on any atom is -0.0632 e.